The number of nitrogens with one attached hydrogen (secondary N) is 1. The minimum Gasteiger partial charge on any atom is -0.494 e. The van der Waals surface area contributed by atoms with Crippen molar-refractivity contribution < 1.29 is 24.5 Å². The van der Waals surface area contributed by atoms with E-state index in [1.54, 1.807) is 26.2 Å². The number of ether oxygens (including phenoxy) is 1. The number of halogens is 2. The number of methoxy groups -OCH3 is 1. The van der Waals surface area contributed by atoms with Gasteiger partial charge in [0.2, 0.25) is 5.91 Å². The first-order valence-electron chi connectivity index (χ1n) is 10.9. The first-order valence-corrected chi connectivity index (χ1v) is 11.7. The SMILES string of the molecule is COc1cnc(C(F)F)cc1-c1cc(CC(=O)N(C)C)ccc1C(=O)N=C(N)SC(=N)C#CC1CC1.[HH]. The van der Waals surface area contributed by atoms with Gasteiger partial charge in [-0.05, 0) is 59.8 Å². The molecule has 0 atom stereocenters. The lowest BCUT2D eigenvalue weighted by Crippen LogP contribution is -2.23. The number of nitrogens with two attached hydrogens (primary N) is 1. The molecule has 0 saturated heterocycles. The second-order valence-electron chi connectivity index (χ2n) is 8.19. The summed E-state index contributed by atoms with van der Waals surface area (Å²) < 4.78 is 32.1. The number of amides is 2. The van der Waals surface area contributed by atoms with Gasteiger partial charge in [-0.1, -0.05) is 12.0 Å². The van der Waals surface area contributed by atoms with Crippen LogP contribution in [-0.2, 0) is 11.2 Å². The summed E-state index contributed by atoms with van der Waals surface area (Å²) in [6.45, 7) is 0. The molecule has 36 heavy (non-hydrogen) atoms. The van der Waals surface area contributed by atoms with Crippen molar-refractivity contribution in [3.8, 4) is 28.7 Å². The normalized spacial score (nSPS) is 13.1. The molecule has 3 rings (SSSR count). The summed E-state index contributed by atoms with van der Waals surface area (Å²) in [5, 5.41) is 7.68. The van der Waals surface area contributed by atoms with Crippen LogP contribution in [0.3, 0.4) is 0 Å². The average Bonchev–Trinajstić information content (AvgIpc) is 3.66. The highest BCUT2D eigenvalue weighted by atomic mass is 32.2. The number of likely N-dealkylation sites (N-methyl/N-ethyl adjacent to an activating group) is 1. The third-order valence-electron chi connectivity index (χ3n) is 5.18. The van der Waals surface area contributed by atoms with Gasteiger partial charge in [-0.3, -0.25) is 20.0 Å². The van der Waals surface area contributed by atoms with Crippen molar-refractivity contribution in [2.75, 3.05) is 21.2 Å². The lowest BCUT2D eigenvalue weighted by molar-refractivity contribution is -0.127. The smallest absolute Gasteiger partial charge is 0.280 e. The molecule has 0 aliphatic heterocycles. The molecule has 0 bridgehead atoms. The van der Waals surface area contributed by atoms with Crippen LogP contribution in [0.4, 0.5) is 8.78 Å². The molecule has 1 heterocycles. The fourth-order valence-electron chi connectivity index (χ4n) is 3.10. The van der Waals surface area contributed by atoms with E-state index in [1.165, 1.54) is 18.1 Å². The number of nitrogens with zero attached hydrogens (tertiary/aromatic N) is 3. The number of thioether (sulfide) groups is 1. The Morgan fingerprint density at radius 3 is 2.67 bits per heavy atom. The summed E-state index contributed by atoms with van der Waals surface area (Å²) in [4.78, 5) is 34.4. The maximum Gasteiger partial charge on any atom is 0.280 e. The number of carbonyl (C=O) groups excluding carboxylic acids is 2. The standard InChI is InChI=1S/C25H25F2N5O3S.H2/c1-32(2)22(33)11-15-6-8-16(24(34)31-25(29)36-21(28)9-7-14-4-5-14)17(10-15)18-12-19(23(26)27)30-13-20(18)35-3;/h6,8,10,12-14,23,28H,4-5,11H2,1-3H3,(H2,29,31,34);1H. The maximum atomic E-state index is 13.4. The molecule has 1 aliphatic carbocycles. The molecule has 1 aliphatic rings. The lowest BCUT2D eigenvalue weighted by Gasteiger charge is -2.15. The Balaban J connectivity index is 0.00000481. The highest BCUT2D eigenvalue weighted by molar-refractivity contribution is 8.26. The third kappa shape index (κ3) is 7.11. The third-order valence-corrected chi connectivity index (χ3v) is 5.78. The van der Waals surface area contributed by atoms with Gasteiger partial charge in [0.1, 0.15) is 16.5 Å². The van der Waals surface area contributed by atoms with Gasteiger partial charge < -0.3 is 15.4 Å². The minimum atomic E-state index is -2.85. The van der Waals surface area contributed by atoms with Gasteiger partial charge in [-0.2, -0.15) is 4.99 Å². The Morgan fingerprint density at radius 1 is 1.33 bits per heavy atom. The lowest BCUT2D eigenvalue weighted by atomic mass is 9.95. The quantitative estimate of drug-likeness (QED) is 0.339. The molecule has 3 N–H and O–H groups in total. The van der Waals surface area contributed by atoms with E-state index in [1.807, 2.05) is 0 Å². The highest BCUT2D eigenvalue weighted by Crippen LogP contribution is 2.35. The number of alkyl halides is 2. The van der Waals surface area contributed by atoms with Crippen molar-refractivity contribution in [1.29, 1.82) is 5.41 Å². The summed E-state index contributed by atoms with van der Waals surface area (Å²) in [7, 11) is 4.58. The van der Waals surface area contributed by atoms with E-state index >= 15 is 0 Å². The van der Waals surface area contributed by atoms with Crippen molar-refractivity contribution in [3.05, 3.63) is 47.3 Å². The molecular weight excluding hydrogens is 488 g/mol. The first kappa shape index (κ1) is 26.8. The van der Waals surface area contributed by atoms with E-state index in [0.29, 0.717) is 11.5 Å². The van der Waals surface area contributed by atoms with Crippen LogP contribution in [-0.4, -0.2) is 53.1 Å². The Bertz CT molecular complexity index is 1290. The minimum absolute atomic E-state index is 0. The predicted molar refractivity (Wildman–Crippen MR) is 137 cm³/mol. The number of carbonyl (C=O) groups is 2. The van der Waals surface area contributed by atoms with E-state index in [2.05, 4.69) is 21.8 Å². The molecule has 0 radical (unpaired) electrons. The molecule has 1 fully saturated rings. The molecule has 11 heteroatoms. The summed E-state index contributed by atoms with van der Waals surface area (Å²) in [6, 6.07) is 5.74. The largest absolute Gasteiger partial charge is 0.494 e. The van der Waals surface area contributed by atoms with Crippen LogP contribution in [0.5, 0.6) is 5.75 Å². The number of amidine groups is 1. The number of hydrogen-bond acceptors (Lipinski definition) is 6. The van der Waals surface area contributed by atoms with Crippen LogP contribution in [0, 0.1) is 23.2 Å². The Morgan fingerprint density at radius 2 is 2.06 bits per heavy atom. The number of aromatic nitrogens is 1. The fourth-order valence-corrected chi connectivity index (χ4v) is 3.55. The number of rotatable bonds is 6. The molecule has 1 saturated carbocycles. The molecule has 2 aromatic rings. The summed E-state index contributed by atoms with van der Waals surface area (Å²) in [5.74, 6) is 5.15. The zero-order valence-electron chi connectivity index (χ0n) is 20.0. The van der Waals surface area contributed by atoms with Gasteiger partial charge in [0.05, 0.1) is 19.7 Å². The molecule has 1 aromatic heterocycles. The zero-order chi connectivity index (χ0) is 26.4. The van der Waals surface area contributed by atoms with E-state index in [-0.39, 0.29) is 46.4 Å². The number of benzene rings is 1. The molecule has 0 spiro atoms. The summed E-state index contributed by atoms with van der Waals surface area (Å²) in [6.07, 6.45) is 0.354. The molecule has 8 nitrogen and oxygen atoms in total. The van der Waals surface area contributed by atoms with Gasteiger partial charge in [-0.25, -0.2) is 8.78 Å². The van der Waals surface area contributed by atoms with Crippen LogP contribution in [0.1, 0.15) is 42.3 Å². The Kier molecular flexibility index (Phi) is 8.77. The van der Waals surface area contributed by atoms with Crippen LogP contribution >= 0.6 is 11.8 Å². The van der Waals surface area contributed by atoms with Crippen LogP contribution in [0.25, 0.3) is 11.1 Å². The Labute approximate surface area is 213 Å². The van der Waals surface area contributed by atoms with Gasteiger partial charge in [-0.15, -0.1) is 0 Å². The summed E-state index contributed by atoms with van der Waals surface area (Å²) >= 11 is 0.755. The zero-order valence-corrected chi connectivity index (χ0v) is 20.8. The Hall–Kier alpha value is -3.78. The van der Waals surface area contributed by atoms with Crippen molar-refractivity contribution in [2.24, 2.45) is 16.6 Å². The van der Waals surface area contributed by atoms with Gasteiger partial charge >= 0.3 is 0 Å². The van der Waals surface area contributed by atoms with Crippen molar-refractivity contribution in [1.82, 2.24) is 9.88 Å². The summed E-state index contributed by atoms with van der Waals surface area (Å²) in [5.41, 5.74) is 6.41. The van der Waals surface area contributed by atoms with Crippen LogP contribution in [0.2, 0.25) is 0 Å². The number of pyridine rings is 1. The number of aliphatic imine (C=N–C) groups is 1. The molecule has 0 unspecified atom stereocenters. The van der Waals surface area contributed by atoms with E-state index in [4.69, 9.17) is 15.9 Å². The molecule has 1 aromatic carbocycles. The van der Waals surface area contributed by atoms with E-state index in [9.17, 15) is 18.4 Å². The molecule has 190 valence electrons. The van der Waals surface area contributed by atoms with Crippen LogP contribution in [0.15, 0.2) is 35.5 Å². The first-order chi connectivity index (χ1) is 17.1. The van der Waals surface area contributed by atoms with Crippen LogP contribution < -0.4 is 10.5 Å². The van der Waals surface area contributed by atoms with Crippen molar-refractivity contribution >= 4 is 33.8 Å². The predicted octanol–water partition coefficient (Wildman–Crippen LogP) is 4.15. The van der Waals surface area contributed by atoms with Crippen molar-refractivity contribution in [2.45, 2.75) is 25.7 Å². The average molecular weight is 516 g/mol. The maximum absolute atomic E-state index is 13.4. The monoisotopic (exact) mass is 515 g/mol. The molecular formula is C25H27F2N5O3S. The second kappa shape index (κ2) is 11.8. The van der Waals surface area contributed by atoms with Gasteiger partial charge in [0.25, 0.3) is 12.3 Å². The second-order valence-corrected chi connectivity index (χ2v) is 9.22. The van der Waals surface area contributed by atoms with Gasteiger partial charge in [0.15, 0.2) is 5.17 Å². The van der Waals surface area contributed by atoms with E-state index in [0.717, 1.165) is 36.9 Å². The number of hydrogen-bond donors (Lipinski definition) is 2. The van der Waals surface area contributed by atoms with Crippen molar-refractivity contribution in [3.63, 3.8) is 0 Å². The molecule has 2 amide bonds. The topological polar surface area (TPSA) is 122 Å². The fraction of sp³-hybridized carbons (Fsp3) is 0.320. The highest BCUT2D eigenvalue weighted by Gasteiger charge is 2.21. The van der Waals surface area contributed by atoms with Gasteiger partial charge in [0, 0.05) is 32.6 Å². The van der Waals surface area contributed by atoms with E-state index < -0.39 is 18.0 Å².